The molecule has 5 rings (SSSR count). The highest BCUT2D eigenvalue weighted by molar-refractivity contribution is 7.98. The van der Waals surface area contributed by atoms with E-state index < -0.39 is 0 Å². The van der Waals surface area contributed by atoms with Crippen LogP contribution in [0.25, 0.3) is 0 Å². The van der Waals surface area contributed by atoms with Gasteiger partial charge >= 0.3 is 0 Å². The van der Waals surface area contributed by atoms with Gasteiger partial charge < -0.3 is 19.7 Å². The van der Waals surface area contributed by atoms with Crippen LogP contribution in [0.5, 0.6) is 11.5 Å². The standard InChI is InChI=1S/C26H27ClN4O3S/c1-33-21-11-17-8-9-31(14-19(17)12-22(21)34-2)24-13-23(27)29-26(30-24)35-15-16-4-3-5-18(10-16)25(32)28-20-6-7-20/h3-5,10-13,20H,6-9,14-15H2,1-2H3,(H,28,32). The maximum atomic E-state index is 12.4. The van der Waals surface area contributed by atoms with Gasteiger partial charge in [-0.1, -0.05) is 35.5 Å². The van der Waals surface area contributed by atoms with Crippen molar-refractivity contribution in [3.8, 4) is 11.5 Å². The molecule has 0 spiro atoms. The average Bonchev–Trinajstić information content (AvgIpc) is 3.70. The maximum Gasteiger partial charge on any atom is 0.251 e. The molecular formula is C26H27ClN4O3S. The summed E-state index contributed by atoms with van der Waals surface area (Å²) in [6, 6.07) is 13.9. The van der Waals surface area contributed by atoms with Gasteiger partial charge in [0.1, 0.15) is 11.0 Å². The van der Waals surface area contributed by atoms with Crippen molar-refractivity contribution in [3.05, 3.63) is 69.9 Å². The zero-order valence-electron chi connectivity index (χ0n) is 19.7. The number of nitrogens with one attached hydrogen (secondary N) is 1. The molecule has 2 aromatic carbocycles. The molecule has 35 heavy (non-hydrogen) atoms. The SMILES string of the molecule is COc1cc2c(cc1OC)CN(c1cc(Cl)nc(SCc3cccc(C(=O)NC4CC4)c3)n1)CC2. The number of nitrogens with zero attached hydrogens (tertiary/aromatic N) is 3. The van der Waals surface area contributed by atoms with Gasteiger partial charge in [-0.15, -0.1) is 0 Å². The van der Waals surface area contributed by atoms with Crippen LogP contribution in [0.15, 0.2) is 47.6 Å². The molecule has 1 fully saturated rings. The van der Waals surface area contributed by atoms with Crippen LogP contribution in [-0.4, -0.2) is 42.7 Å². The number of amides is 1. The molecule has 0 bridgehead atoms. The second-order valence-electron chi connectivity index (χ2n) is 8.72. The second-order valence-corrected chi connectivity index (χ2v) is 10.0. The lowest BCUT2D eigenvalue weighted by Crippen LogP contribution is -2.31. The lowest BCUT2D eigenvalue weighted by Gasteiger charge is -2.30. The molecule has 1 saturated carbocycles. The summed E-state index contributed by atoms with van der Waals surface area (Å²) in [5, 5.41) is 4.05. The molecule has 0 atom stereocenters. The van der Waals surface area contributed by atoms with E-state index >= 15 is 0 Å². The van der Waals surface area contributed by atoms with Gasteiger partial charge in [-0.3, -0.25) is 4.79 Å². The number of benzene rings is 2. The Bertz CT molecular complexity index is 1250. The fraction of sp³-hybridized carbons (Fsp3) is 0.346. The monoisotopic (exact) mass is 510 g/mol. The number of hydrogen-bond acceptors (Lipinski definition) is 7. The summed E-state index contributed by atoms with van der Waals surface area (Å²) in [4.78, 5) is 23.8. The van der Waals surface area contributed by atoms with Crippen LogP contribution in [-0.2, 0) is 18.7 Å². The molecule has 1 amide bonds. The van der Waals surface area contributed by atoms with Gasteiger partial charge in [0.25, 0.3) is 5.91 Å². The minimum absolute atomic E-state index is 0.0136. The molecule has 182 valence electrons. The van der Waals surface area contributed by atoms with Gasteiger partial charge in [-0.2, -0.15) is 0 Å². The molecule has 0 saturated heterocycles. The van der Waals surface area contributed by atoms with Crippen LogP contribution in [0.1, 0.15) is 39.9 Å². The van der Waals surface area contributed by atoms with E-state index in [4.69, 9.17) is 26.1 Å². The molecule has 3 aromatic rings. The number of carbonyl (C=O) groups excluding carboxylic acids is 1. The van der Waals surface area contributed by atoms with E-state index in [1.165, 1.54) is 22.9 Å². The van der Waals surface area contributed by atoms with Crippen molar-refractivity contribution < 1.29 is 14.3 Å². The van der Waals surface area contributed by atoms with Crippen molar-refractivity contribution in [1.29, 1.82) is 0 Å². The molecule has 7 nitrogen and oxygen atoms in total. The Hall–Kier alpha value is -2.97. The highest BCUT2D eigenvalue weighted by atomic mass is 35.5. The minimum Gasteiger partial charge on any atom is -0.493 e. The molecule has 2 heterocycles. The normalized spacial score (nSPS) is 14.9. The third-order valence-electron chi connectivity index (χ3n) is 6.17. The molecule has 1 N–H and O–H groups in total. The van der Waals surface area contributed by atoms with Crippen LogP contribution in [0.3, 0.4) is 0 Å². The number of halogens is 1. The summed E-state index contributed by atoms with van der Waals surface area (Å²) in [7, 11) is 3.30. The molecule has 1 aromatic heterocycles. The number of fused-ring (bicyclic) bond motifs is 1. The Kier molecular flexibility index (Phi) is 7.02. The highest BCUT2D eigenvalue weighted by Gasteiger charge is 2.24. The van der Waals surface area contributed by atoms with E-state index in [9.17, 15) is 4.79 Å². The van der Waals surface area contributed by atoms with E-state index in [2.05, 4.69) is 21.3 Å². The van der Waals surface area contributed by atoms with Crippen LogP contribution in [0.2, 0.25) is 5.15 Å². The van der Waals surface area contributed by atoms with Crippen molar-refractivity contribution >= 4 is 35.1 Å². The number of thioether (sulfide) groups is 1. The summed E-state index contributed by atoms with van der Waals surface area (Å²) in [5.41, 5.74) is 4.15. The number of hydrogen-bond donors (Lipinski definition) is 1. The summed E-state index contributed by atoms with van der Waals surface area (Å²) < 4.78 is 10.9. The largest absolute Gasteiger partial charge is 0.493 e. The molecule has 9 heteroatoms. The Labute approximate surface area is 214 Å². The van der Waals surface area contributed by atoms with E-state index in [1.807, 2.05) is 30.3 Å². The Balaban J connectivity index is 1.29. The molecule has 0 unspecified atom stereocenters. The maximum absolute atomic E-state index is 12.4. The van der Waals surface area contributed by atoms with Crippen molar-refractivity contribution in [2.24, 2.45) is 0 Å². The summed E-state index contributed by atoms with van der Waals surface area (Å²) in [5.74, 6) is 2.89. The molecule has 1 aliphatic carbocycles. The number of anilines is 1. The number of carbonyl (C=O) groups is 1. The van der Waals surface area contributed by atoms with Gasteiger partial charge in [0.15, 0.2) is 16.7 Å². The first kappa shape index (κ1) is 23.8. The predicted octanol–water partition coefficient (Wildman–Crippen LogP) is 4.89. The quantitative estimate of drug-likeness (QED) is 0.262. The fourth-order valence-electron chi connectivity index (χ4n) is 4.14. The first-order valence-electron chi connectivity index (χ1n) is 11.6. The number of methoxy groups -OCH3 is 2. The zero-order valence-corrected chi connectivity index (χ0v) is 21.3. The first-order valence-corrected chi connectivity index (χ1v) is 12.9. The van der Waals surface area contributed by atoms with Crippen LogP contribution in [0.4, 0.5) is 5.82 Å². The van der Waals surface area contributed by atoms with Gasteiger partial charge in [0.05, 0.1) is 14.2 Å². The van der Waals surface area contributed by atoms with Crippen molar-refractivity contribution in [2.75, 3.05) is 25.7 Å². The first-order chi connectivity index (χ1) is 17.0. The number of rotatable bonds is 8. The van der Waals surface area contributed by atoms with E-state index in [-0.39, 0.29) is 5.91 Å². The molecule has 1 aliphatic heterocycles. The summed E-state index contributed by atoms with van der Waals surface area (Å²) in [6.07, 6.45) is 3.01. The third-order valence-corrected chi connectivity index (χ3v) is 7.28. The molecule has 0 radical (unpaired) electrons. The second kappa shape index (κ2) is 10.3. The number of ether oxygens (including phenoxy) is 2. The van der Waals surface area contributed by atoms with E-state index in [0.29, 0.717) is 34.2 Å². The predicted molar refractivity (Wildman–Crippen MR) is 138 cm³/mol. The topological polar surface area (TPSA) is 76.6 Å². The van der Waals surface area contributed by atoms with Crippen molar-refractivity contribution in [2.45, 2.75) is 42.8 Å². The van der Waals surface area contributed by atoms with Gasteiger partial charge in [-0.25, -0.2) is 9.97 Å². The smallest absolute Gasteiger partial charge is 0.251 e. The van der Waals surface area contributed by atoms with Gasteiger partial charge in [0, 0.05) is 36.5 Å². The third kappa shape index (κ3) is 5.65. The summed E-state index contributed by atoms with van der Waals surface area (Å²) in [6.45, 7) is 1.52. The Morgan fingerprint density at radius 3 is 2.63 bits per heavy atom. The Morgan fingerprint density at radius 2 is 1.89 bits per heavy atom. The van der Waals surface area contributed by atoms with Crippen LogP contribution < -0.4 is 19.7 Å². The fourth-order valence-corrected chi connectivity index (χ4v) is 5.16. The van der Waals surface area contributed by atoms with Crippen molar-refractivity contribution in [1.82, 2.24) is 15.3 Å². The van der Waals surface area contributed by atoms with Gasteiger partial charge in [0.2, 0.25) is 0 Å². The molecular weight excluding hydrogens is 484 g/mol. The number of aromatic nitrogens is 2. The lowest BCUT2D eigenvalue weighted by molar-refractivity contribution is 0.0951. The van der Waals surface area contributed by atoms with Crippen LogP contribution in [0, 0.1) is 0 Å². The zero-order chi connectivity index (χ0) is 24.4. The molecule has 2 aliphatic rings. The van der Waals surface area contributed by atoms with Gasteiger partial charge in [-0.05, 0) is 60.2 Å². The Morgan fingerprint density at radius 1 is 1.11 bits per heavy atom. The van der Waals surface area contributed by atoms with Crippen LogP contribution >= 0.6 is 23.4 Å². The van der Waals surface area contributed by atoms with E-state index in [0.717, 1.165) is 48.7 Å². The van der Waals surface area contributed by atoms with E-state index in [1.54, 1.807) is 20.3 Å². The minimum atomic E-state index is -0.0136. The lowest BCUT2D eigenvalue weighted by atomic mass is 9.99. The highest BCUT2D eigenvalue weighted by Crippen LogP contribution is 2.35. The van der Waals surface area contributed by atoms with Crippen molar-refractivity contribution in [3.63, 3.8) is 0 Å². The average molecular weight is 511 g/mol. The summed E-state index contributed by atoms with van der Waals surface area (Å²) >= 11 is 7.89.